The van der Waals surface area contributed by atoms with Gasteiger partial charge in [0, 0.05) is 23.4 Å². The van der Waals surface area contributed by atoms with Crippen molar-refractivity contribution in [2.24, 2.45) is 5.92 Å². The summed E-state index contributed by atoms with van der Waals surface area (Å²) in [6.07, 6.45) is 5.87. The summed E-state index contributed by atoms with van der Waals surface area (Å²) in [5.41, 5.74) is 4.36. The lowest BCUT2D eigenvalue weighted by molar-refractivity contribution is -0.138. The standard InChI is InChI=1S/C30H36FN3O2/c1-19-12-14-34(15-13-19)27(21-6-9-24(31)10-7-21)25-11-8-22(20(2)28(35)36)16-26(25)23-17-32-29(33-18-23)30(3,4)5/h6-11,16-20,27H,12-15H2,1-5H3,(H,35,36). The van der Waals surface area contributed by atoms with E-state index in [4.69, 9.17) is 0 Å². The number of carboxylic acid groups (broad SMARTS) is 1. The van der Waals surface area contributed by atoms with Crippen LogP contribution in [0.1, 0.15) is 81.9 Å². The second-order valence-corrected chi connectivity index (χ2v) is 11.1. The molecule has 3 aromatic rings. The largest absolute Gasteiger partial charge is 0.481 e. The van der Waals surface area contributed by atoms with E-state index in [1.165, 1.54) is 12.1 Å². The number of piperidine rings is 1. The number of halogens is 1. The van der Waals surface area contributed by atoms with Crippen LogP contribution in [-0.2, 0) is 10.2 Å². The molecular weight excluding hydrogens is 453 g/mol. The van der Waals surface area contributed by atoms with E-state index < -0.39 is 11.9 Å². The van der Waals surface area contributed by atoms with Crippen LogP contribution in [0, 0.1) is 11.7 Å². The molecule has 1 aromatic heterocycles. The average Bonchev–Trinajstić information content (AvgIpc) is 2.85. The van der Waals surface area contributed by atoms with Crippen LogP contribution in [0.2, 0.25) is 0 Å². The summed E-state index contributed by atoms with van der Waals surface area (Å²) in [5.74, 6) is -0.350. The molecule has 2 heterocycles. The molecule has 0 saturated carbocycles. The molecule has 2 aromatic carbocycles. The van der Waals surface area contributed by atoms with Crippen molar-refractivity contribution >= 4 is 5.97 Å². The van der Waals surface area contributed by atoms with Gasteiger partial charge < -0.3 is 5.11 Å². The summed E-state index contributed by atoms with van der Waals surface area (Å²) >= 11 is 0. The number of hydrogen-bond donors (Lipinski definition) is 1. The molecule has 0 bridgehead atoms. The fraction of sp³-hybridized carbons (Fsp3) is 0.433. The minimum Gasteiger partial charge on any atom is -0.481 e. The number of likely N-dealkylation sites (tertiary alicyclic amines) is 1. The monoisotopic (exact) mass is 489 g/mol. The number of aromatic nitrogens is 2. The smallest absolute Gasteiger partial charge is 0.310 e. The zero-order valence-corrected chi connectivity index (χ0v) is 21.8. The van der Waals surface area contributed by atoms with Gasteiger partial charge in [0.15, 0.2) is 0 Å². The minimum atomic E-state index is -0.867. The highest BCUT2D eigenvalue weighted by Gasteiger charge is 2.29. The van der Waals surface area contributed by atoms with Crippen LogP contribution >= 0.6 is 0 Å². The van der Waals surface area contributed by atoms with Crippen LogP contribution in [0.15, 0.2) is 54.9 Å². The number of benzene rings is 2. The van der Waals surface area contributed by atoms with E-state index in [1.54, 1.807) is 6.92 Å². The first-order valence-electron chi connectivity index (χ1n) is 12.7. The molecule has 5 nitrogen and oxygen atoms in total. The Morgan fingerprint density at radius 1 is 1.03 bits per heavy atom. The highest BCUT2D eigenvalue weighted by Crippen LogP contribution is 2.39. The van der Waals surface area contributed by atoms with Gasteiger partial charge in [-0.2, -0.15) is 0 Å². The first-order valence-corrected chi connectivity index (χ1v) is 12.7. The summed E-state index contributed by atoms with van der Waals surface area (Å²) in [7, 11) is 0. The van der Waals surface area contributed by atoms with Gasteiger partial charge in [-0.15, -0.1) is 0 Å². The predicted octanol–water partition coefficient (Wildman–Crippen LogP) is 6.59. The van der Waals surface area contributed by atoms with Gasteiger partial charge in [-0.3, -0.25) is 9.69 Å². The summed E-state index contributed by atoms with van der Waals surface area (Å²) in [5, 5.41) is 9.67. The number of carboxylic acids is 1. The van der Waals surface area contributed by atoms with Gasteiger partial charge in [0.05, 0.1) is 12.0 Å². The molecule has 4 rings (SSSR count). The highest BCUT2D eigenvalue weighted by atomic mass is 19.1. The average molecular weight is 490 g/mol. The van der Waals surface area contributed by atoms with Gasteiger partial charge in [0.1, 0.15) is 11.6 Å². The first kappa shape index (κ1) is 26.0. The minimum absolute atomic E-state index is 0.0930. The number of carbonyl (C=O) groups is 1. The van der Waals surface area contributed by atoms with Gasteiger partial charge in [-0.25, -0.2) is 14.4 Å². The molecule has 190 valence electrons. The lowest BCUT2D eigenvalue weighted by atomic mass is 9.86. The van der Waals surface area contributed by atoms with E-state index in [2.05, 4.69) is 42.6 Å². The molecule has 1 fully saturated rings. The lowest BCUT2D eigenvalue weighted by Gasteiger charge is -2.38. The molecule has 2 unspecified atom stereocenters. The Balaban J connectivity index is 1.88. The van der Waals surface area contributed by atoms with Crippen LogP contribution in [-0.4, -0.2) is 39.0 Å². The van der Waals surface area contributed by atoms with Gasteiger partial charge in [0.2, 0.25) is 0 Å². The van der Waals surface area contributed by atoms with Gasteiger partial charge in [0.25, 0.3) is 0 Å². The third-order valence-electron chi connectivity index (χ3n) is 7.25. The molecule has 6 heteroatoms. The molecule has 1 N–H and O–H groups in total. The van der Waals surface area contributed by atoms with Gasteiger partial charge in [-0.1, -0.05) is 52.0 Å². The van der Waals surface area contributed by atoms with Crippen LogP contribution in [0.25, 0.3) is 11.1 Å². The Hall–Kier alpha value is -3.12. The second kappa shape index (κ2) is 10.5. The van der Waals surface area contributed by atoms with Gasteiger partial charge in [-0.05, 0) is 79.2 Å². The van der Waals surface area contributed by atoms with E-state index in [-0.39, 0.29) is 17.3 Å². The predicted molar refractivity (Wildman–Crippen MR) is 140 cm³/mol. The zero-order valence-electron chi connectivity index (χ0n) is 21.8. The Morgan fingerprint density at radius 3 is 2.17 bits per heavy atom. The lowest BCUT2D eigenvalue weighted by Crippen LogP contribution is -2.37. The fourth-order valence-corrected chi connectivity index (χ4v) is 4.85. The number of hydrogen-bond acceptors (Lipinski definition) is 4. The Kier molecular flexibility index (Phi) is 7.55. The SMILES string of the molecule is CC1CCN(C(c2ccc(F)cc2)c2ccc(C(C)C(=O)O)cc2-c2cnc(C(C)(C)C)nc2)CC1. The van der Waals surface area contributed by atoms with Crippen molar-refractivity contribution < 1.29 is 14.3 Å². The van der Waals surface area contributed by atoms with Crippen molar-refractivity contribution in [1.82, 2.24) is 14.9 Å². The normalized spacial score (nSPS) is 17.1. The van der Waals surface area contributed by atoms with E-state index in [0.717, 1.165) is 59.6 Å². The number of nitrogens with zero attached hydrogens (tertiary/aromatic N) is 3. The molecular formula is C30H36FN3O2. The summed E-state index contributed by atoms with van der Waals surface area (Å²) in [6.45, 7) is 12.1. The quantitative estimate of drug-likeness (QED) is 0.423. The molecule has 1 aliphatic rings. The molecule has 0 radical (unpaired) electrons. The molecule has 0 aliphatic carbocycles. The molecule has 1 saturated heterocycles. The van der Waals surface area contributed by atoms with E-state index in [9.17, 15) is 14.3 Å². The molecule has 0 spiro atoms. The molecule has 2 atom stereocenters. The third kappa shape index (κ3) is 5.65. The first-order chi connectivity index (χ1) is 17.0. The zero-order chi connectivity index (χ0) is 26.0. The van der Waals surface area contributed by atoms with E-state index in [1.807, 2.05) is 42.7 Å². The van der Waals surface area contributed by atoms with Crippen molar-refractivity contribution in [3.63, 3.8) is 0 Å². The maximum Gasteiger partial charge on any atom is 0.310 e. The Bertz CT molecular complexity index is 1190. The van der Waals surface area contributed by atoms with Crippen molar-refractivity contribution in [1.29, 1.82) is 0 Å². The Morgan fingerprint density at radius 2 is 1.61 bits per heavy atom. The topological polar surface area (TPSA) is 66.3 Å². The molecule has 36 heavy (non-hydrogen) atoms. The van der Waals surface area contributed by atoms with Crippen molar-refractivity contribution in [2.75, 3.05) is 13.1 Å². The van der Waals surface area contributed by atoms with Crippen LogP contribution in [0.4, 0.5) is 4.39 Å². The number of aliphatic carboxylic acids is 1. The second-order valence-electron chi connectivity index (χ2n) is 11.1. The van der Waals surface area contributed by atoms with Gasteiger partial charge >= 0.3 is 5.97 Å². The van der Waals surface area contributed by atoms with Crippen LogP contribution < -0.4 is 0 Å². The maximum atomic E-state index is 13.9. The molecule has 1 aliphatic heterocycles. The van der Waals surface area contributed by atoms with Crippen molar-refractivity contribution in [2.45, 2.75) is 64.8 Å². The highest BCUT2D eigenvalue weighted by molar-refractivity contribution is 5.77. The van der Waals surface area contributed by atoms with Crippen LogP contribution in [0.3, 0.4) is 0 Å². The summed E-state index contributed by atoms with van der Waals surface area (Å²) < 4.78 is 13.9. The van der Waals surface area contributed by atoms with Crippen LogP contribution in [0.5, 0.6) is 0 Å². The Labute approximate surface area is 213 Å². The van der Waals surface area contributed by atoms with E-state index >= 15 is 0 Å². The van der Waals surface area contributed by atoms with Crippen molar-refractivity contribution in [3.05, 3.63) is 83.2 Å². The number of rotatable bonds is 6. The van der Waals surface area contributed by atoms with Crippen molar-refractivity contribution in [3.8, 4) is 11.1 Å². The molecule has 0 amide bonds. The summed E-state index contributed by atoms with van der Waals surface area (Å²) in [4.78, 5) is 23.5. The maximum absolute atomic E-state index is 13.9. The summed E-state index contributed by atoms with van der Waals surface area (Å²) in [6, 6.07) is 12.5. The third-order valence-corrected chi connectivity index (χ3v) is 7.25. The van der Waals surface area contributed by atoms with E-state index in [0.29, 0.717) is 5.92 Å². The fourth-order valence-electron chi connectivity index (χ4n) is 4.85.